The molecule has 3 rings (SSSR count). The predicted octanol–water partition coefficient (Wildman–Crippen LogP) is 3.38. The van der Waals surface area contributed by atoms with E-state index < -0.39 is 0 Å². The summed E-state index contributed by atoms with van der Waals surface area (Å²) in [5.41, 5.74) is 1.89. The number of nitrogens with one attached hydrogen (secondary N) is 1. The van der Waals surface area contributed by atoms with Crippen LogP contribution in [-0.2, 0) is 22.6 Å². The molecule has 0 aliphatic carbocycles. The quantitative estimate of drug-likeness (QED) is 0.849. The molecule has 138 valence electrons. The summed E-state index contributed by atoms with van der Waals surface area (Å²) in [5, 5.41) is 6.56. The molecule has 1 aromatic heterocycles. The van der Waals surface area contributed by atoms with Crippen LogP contribution in [0.3, 0.4) is 0 Å². The SMILES string of the molecule is CC(=O)NCc1csc(C2CCN(C(=O)Cc3ccc(Cl)cc3)CC2)n1. The van der Waals surface area contributed by atoms with E-state index in [0.29, 0.717) is 23.9 Å². The second-order valence-corrected chi connectivity index (χ2v) is 7.87. The number of hydrogen-bond acceptors (Lipinski definition) is 4. The number of likely N-dealkylation sites (tertiary alicyclic amines) is 1. The van der Waals surface area contributed by atoms with Crippen molar-refractivity contribution in [3.8, 4) is 0 Å². The maximum atomic E-state index is 12.5. The number of rotatable bonds is 5. The Kier molecular flexibility index (Phi) is 6.27. The van der Waals surface area contributed by atoms with Crippen molar-refractivity contribution >= 4 is 34.8 Å². The van der Waals surface area contributed by atoms with E-state index in [1.165, 1.54) is 6.92 Å². The fourth-order valence-electron chi connectivity index (χ4n) is 3.07. The number of aromatic nitrogens is 1. The number of hydrogen-bond donors (Lipinski definition) is 1. The van der Waals surface area contributed by atoms with Crippen molar-refractivity contribution in [3.05, 3.63) is 50.9 Å². The van der Waals surface area contributed by atoms with Crippen LogP contribution in [0.15, 0.2) is 29.6 Å². The lowest BCUT2D eigenvalue weighted by molar-refractivity contribution is -0.131. The van der Waals surface area contributed by atoms with E-state index in [-0.39, 0.29) is 11.8 Å². The largest absolute Gasteiger partial charge is 0.351 e. The summed E-state index contributed by atoms with van der Waals surface area (Å²) >= 11 is 7.53. The highest BCUT2D eigenvalue weighted by atomic mass is 35.5. The molecule has 0 radical (unpaired) electrons. The van der Waals surface area contributed by atoms with E-state index in [1.807, 2.05) is 34.5 Å². The zero-order chi connectivity index (χ0) is 18.5. The molecule has 0 unspecified atom stereocenters. The highest BCUT2D eigenvalue weighted by Gasteiger charge is 2.25. The molecule has 0 saturated carbocycles. The molecule has 2 heterocycles. The highest BCUT2D eigenvalue weighted by molar-refractivity contribution is 7.09. The van der Waals surface area contributed by atoms with Crippen molar-refractivity contribution in [3.63, 3.8) is 0 Å². The van der Waals surface area contributed by atoms with Gasteiger partial charge in [0.05, 0.1) is 23.7 Å². The number of amides is 2. The monoisotopic (exact) mass is 391 g/mol. The summed E-state index contributed by atoms with van der Waals surface area (Å²) in [6, 6.07) is 7.44. The van der Waals surface area contributed by atoms with Crippen molar-refractivity contribution in [2.24, 2.45) is 0 Å². The molecule has 1 aromatic carbocycles. The normalized spacial score (nSPS) is 15.1. The van der Waals surface area contributed by atoms with Crippen LogP contribution in [0.25, 0.3) is 0 Å². The standard InChI is InChI=1S/C19H22ClN3O2S/c1-13(24)21-11-17-12-26-19(22-17)15-6-8-23(9-7-15)18(25)10-14-2-4-16(20)5-3-14/h2-5,12,15H,6-11H2,1H3,(H,21,24). The van der Waals surface area contributed by atoms with Gasteiger partial charge in [-0.15, -0.1) is 11.3 Å². The van der Waals surface area contributed by atoms with E-state index in [9.17, 15) is 9.59 Å². The van der Waals surface area contributed by atoms with Gasteiger partial charge in [-0.05, 0) is 30.5 Å². The highest BCUT2D eigenvalue weighted by Crippen LogP contribution is 2.30. The molecule has 1 fully saturated rings. The minimum Gasteiger partial charge on any atom is -0.351 e. The molecular weight excluding hydrogens is 370 g/mol. The maximum absolute atomic E-state index is 12.5. The Balaban J connectivity index is 1.50. The first kappa shape index (κ1) is 18.9. The summed E-state index contributed by atoms with van der Waals surface area (Å²) < 4.78 is 0. The molecule has 2 amide bonds. The van der Waals surface area contributed by atoms with Gasteiger partial charge >= 0.3 is 0 Å². The van der Waals surface area contributed by atoms with Gasteiger partial charge in [-0.1, -0.05) is 23.7 Å². The summed E-state index contributed by atoms with van der Waals surface area (Å²) in [7, 11) is 0. The minimum absolute atomic E-state index is 0.0490. The third-order valence-electron chi connectivity index (χ3n) is 4.55. The lowest BCUT2D eigenvalue weighted by atomic mass is 9.97. The van der Waals surface area contributed by atoms with Gasteiger partial charge in [-0.25, -0.2) is 4.98 Å². The van der Waals surface area contributed by atoms with Gasteiger partial charge in [0, 0.05) is 36.3 Å². The van der Waals surface area contributed by atoms with E-state index in [0.717, 1.165) is 42.2 Å². The number of nitrogens with zero attached hydrogens (tertiary/aromatic N) is 2. The van der Waals surface area contributed by atoms with Gasteiger partial charge in [0.1, 0.15) is 0 Å². The van der Waals surface area contributed by atoms with Gasteiger partial charge in [0.2, 0.25) is 11.8 Å². The van der Waals surface area contributed by atoms with E-state index in [1.54, 1.807) is 11.3 Å². The number of benzene rings is 1. The summed E-state index contributed by atoms with van der Waals surface area (Å²) in [4.78, 5) is 30.1. The van der Waals surface area contributed by atoms with Crippen LogP contribution >= 0.6 is 22.9 Å². The average Bonchev–Trinajstić information content (AvgIpc) is 3.11. The number of carbonyl (C=O) groups excluding carboxylic acids is 2. The number of thiazole rings is 1. The molecule has 7 heteroatoms. The Hall–Kier alpha value is -1.92. The smallest absolute Gasteiger partial charge is 0.226 e. The molecule has 1 aliphatic rings. The van der Waals surface area contributed by atoms with Crippen LogP contribution in [0.2, 0.25) is 5.02 Å². The van der Waals surface area contributed by atoms with Crippen molar-refractivity contribution < 1.29 is 9.59 Å². The predicted molar refractivity (Wildman–Crippen MR) is 103 cm³/mol. The van der Waals surface area contributed by atoms with Gasteiger partial charge in [0.15, 0.2) is 0 Å². The van der Waals surface area contributed by atoms with Gasteiger partial charge < -0.3 is 10.2 Å². The molecule has 0 atom stereocenters. The Labute approximate surface area is 162 Å². The van der Waals surface area contributed by atoms with Crippen LogP contribution < -0.4 is 5.32 Å². The minimum atomic E-state index is -0.0490. The number of halogens is 1. The topological polar surface area (TPSA) is 62.3 Å². The molecule has 2 aromatic rings. The molecule has 5 nitrogen and oxygen atoms in total. The molecule has 1 aliphatic heterocycles. The van der Waals surface area contributed by atoms with Gasteiger partial charge in [0.25, 0.3) is 0 Å². The molecule has 0 spiro atoms. The fraction of sp³-hybridized carbons (Fsp3) is 0.421. The average molecular weight is 392 g/mol. The molecular formula is C19H22ClN3O2S. The molecule has 1 saturated heterocycles. The van der Waals surface area contributed by atoms with Crippen LogP contribution in [0, 0.1) is 0 Å². The van der Waals surface area contributed by atoms with Crippen LogP contribution in [0.5, 0.6) is 0 Å². The molecule has 1 N–H and O–H groups in total. The van der Waals surface area contributed by atoms with Crippen LogP contribution in [0.4, 0.5) is 0 Å². The van der Waals surface area contributed by atoms with Gasteiger partial charge in [-0.3, -0.25) is 9.59 Å². The fourth-order valence-corrected chi connectivity index (χ4v) is 4.19. The lowest BCUT2D eigenvalue weighted by Gasteiger charge is -2.31. The first-order valence-corrected chi connectivity index (χ1v) is 9.98. The zero-order valence-corrected chi connectivity index (χ0v) is 16.3. The summed E-state index contributed by atoms with van der Waals surface area (Å²) in [6.45, 7) is 3.50. The number of piperidine rings is 1. The Morgan fingerprint density at radius 2 is 1.96 bits per heavy atom. The van der Waals surface area contributed by atoms with E-state index in [2.05, 4.69) is 10.3 Å². The summed E-state index contributed by atoms with van der Waals surface area (Å²) in [5.74, 6) is 0.508. The first-order chi connectivity index (χ1) is 12.5. The van der Waals surface area contributed by atoms with Crippen molar-refractivity contribution in [2.45, 2.75) is 38.6 Å². The third-order valence-corrected chi connectivity index (χ3v) is 5.86. The third kappa shape index (κ3) is 5.05. The number of carbonyl (C=O) groups is 2. The van der Waals surface area contributed by atoms with E-state index >= 15 is 0 Å². The Bertz CT molecular complexity index is 767. The molecule has 26 heavy (non-hydrogen) atoms. The maximum Gasteiger partial charge on any atom is 0.226 e. The van der Waals surface area contributed by atoms with Gasteiger partial charge in [-0.2, -0.15) is 0 Å². The van der Waals surface area contributed by atoms with E-state index in [4.69, 9.17) is 11.6 Å². The lowest BCUT2D eigenvalue weighted by Crippen LogP contribution is -2.38. The Morgan fingerprint density at radius 3 is 2.62 bits per heavy atom. The zero-order valence-electron chi connectivity index (χ0n) is 14.7. The van der Waals surface area contributed by atoms with Crippen molar-refractivity contribution in [1.29, 1.82) is 0 Å². The second-order valence-electron chi connectivity index (χ2n) is 6.55. The van der Waals surface area contributed by atoms with Crippen molar-refractivity contribution in [1.82, 2.24) is 15.2 Å². The second kappa shape index (κ2) is 8.64. The summed E-state index contributed by atoms with van der Waals surface area (Å²) in [6.07, 6.45) is 2.28. The van der Waals surface area contributed by atoms with Crippen LogP contribution in [0.1, 0.15) is 41.9 Å². The van der Waals surface area contributed by atoms with Crippen LogP contribution in [-0.4, -0.2) is 34.8 Å². The molecule has 0 bridgehead atoms. The van der Waals surface area contributed by atoms with Crippen molar-refractivity contribution in [2.75, 3.05) is 13.1 Å². The first-order valence-electron chi connectivity index (χ1n) is 8.72. The Morgan fingerprint density at radius 1 is 1.27 bits per heavy atom.